The Balaban J connectivity index is 5.20. The maximum absolute atomic E-state index is 13.1. The van der Waals surface area contributed by atoms with Crippen molar-refractivity contribution in [3.05, 3.63) is 0 Å². The molecule has 0 aromatic carbocycles. The van der Waals surface area contributed by atoms with Crippen LogP contribution in [0, 0.1) is 5.92 Å². The number of ether oxygens (including phenoxy) is 4. The summed E-state index contributed by atoms with van der Waals surface area (Å²) in [7, 11) is -9.91. The van der Waals surface area contributed by atoms with Crippen LogP contribution < -0.4 is 0 Å². The summed E-state index contributed by atoms with van der Waals surface area (Å²) in [6.07, 6.45) is 63.9. The number of hydrogen-bond acceptors (Lipinski definition) is 15. The molecule has 0 heterocycles. The fraction of sp³-hybridized carbons (Fsp3) is 0.950. The molecule has 0 bridgehead atoms. The van der Waals surface area contributed by atoms with Crippen molar-refractivity contribution in [1.29, 1.82) is 0 Å². The molecule has 0 amide bonds. The third-order valence-corrected chi connectivity index (χ3v) is 20.7. The second-order valence-corrected chi connectivity index (χ2v) is 32.2. The maximum atomic E-state index is 13.1. The number of rotatable bonds is 80. The van der Waals surface area contributed by atoms with Crippen molar-refractivity contribution in [2.45, 2.75) is 445 Å². The van der Waals surface area contributed by atoms with Crippen LogP contribution in [0.15, 0.2) is 0 Å². The molecule has 0 aromatic heterocycles. The molecule has 0 aromatic rings. The number of esters is 4. The fourth-order valence-electron chi connectivity index (χ4n) is 12.4. The van der Waals surface area contributed by atoms with Gasteiger partial charge in [0.1, 0.15) is 19.3 Å². The van der Waals surface area contributed by atoms with E-state index < -0.39 is 97.5 Å². The fourth-order valence-corrected chi connectivity index (χ4v) is 14.0. The molecule has 3 N–H and O–H groups in total. The summed E-state index contributed by atoms with van der Waals surface area (Å²) in [5, 5.41) is 10.6. The largest absolute Gasteiger partial charge is 0.472 e. The first-order valence-corrected chi connectivity index (χ1v) is 44.6. The Morgan fingerprint density at radius 2 is 0.465 bits per heavy atom. The molecule has 0 saturated carbocycles. The first-order chi connectivity index (χ1) is 48.0. The van der Waals surface area contributed by atoms with E-state index in [4.69, 9.17) is 37.0 Å². The Kier molecular flexibility index (Phi) is 71.6. The van der Waals surface area contributed by atoms with Crippen molar-refractivity contribution in [3.63, 3.8) is 0 Å². The summed E-state index contributed by atoms with van der Waals surface area (Å²) in [6, 6.07) is 0. The smallest absolute Gasteiger partial charge is 0.462 e. The van der Waals surface area contributed by atoms with E-state index in [9.17, 15) is 43.2 Å². The van der Waals surface area contributed by atoms with Gasteiger partial charge in [0.25, 0.3) is 0 Å². The molecule has 0 fully saturated rings. The number of hydrogen-bond donors (Lipinski definition) is 3. The summed E-state index contributed by atoms with van der Waals surface area (Å²) in [6.45, 7) is 7.29. The summed E-state index contributed by atoms with van der Waals surface area (Å²) in [5.41, 5.74) is 0. The normalized spacial score (nSPS) is 13.9. The molecule has 0 aliphatic rings. The van der Waals surface area contributed by atoms with E-state index in [0.717, 1.165) is 95.8 Å². The van der Waals surface area contributed by atoms with Crippen molar-refractivity contribution in [3.8, 4) is 0 Å². The Morgan fingerprint density at radius 3 is 0.687 bits per heavy atom. The van der Waals surface area contributed by atoms with Gasteiger partial charge < -0.3 is 33.8 Å². The number of carbonyl (C=O) groups excluding carboxylic acids is 4. The van der Waals surface area contributed by atoms with Crippen molar-refractivity contribution in [2.24, 2.45) is 5.92 Å². The highest BCUT2D eigenvalue weighted by Gasteiger charge is 2.30. The van der Waals surface area contributed by atoms with Crippen molar-refractivity contribution in [1.82, 2.24) is 0 Å². The highest BCUT2D eigenvalue weighted by molar-refractivity contribution is 7.47. The topological polar surface area (TPSA) is 237 Å². The molecule has 0 aliphatic heterocycles. The molecule has 0 spiro atoms. The average molecular weight is 1450 g/mol. The van der Waals surface area contributed by atoms with Gasteiger partial charge in [-0.05, 0) is 31.6 Å². The van der Waals surface area contributed by atoms with Gasteiger partial charge in [-0.15, -0.1) is 0 Å². The molecule has 0 rings (SSSR count). The predicted molar refractivity (Wildman–Crippen MR) is 405 cm³/mol. The third-order valence-electron chi connectivity index (χ3n) is 18.8. The number of carbonyl (C=O) groups is 4. The van der Waals surface area contributed by atoms with E-state index in [1.54, 1.807) is 0 Å². The van der Waals surface area contributed by atoms with Crippen LogP contribution in [0.5, 0.6) is 0 Å². The van der Waals surface area contributed by atoms with E-state index in [1.807, 2.05) is 0 Å². The summed E-state index contributed by atoms with van der Waals surface area (Å²) >= 11 is 0. The van der Waals surface area contributed by atoms with E-state index in [2.05, 4.69) is 34.6 Å². The van der Waals surface area contributed by atoms with Crippen molar-refractivity contribution in [2.75, 3.05) is 39.6 Å². The monoisotopic (exact) mass is 1450 g/mol. The van der Waals surface area contributed by atoms with Gasteiger partial charge in [0.2, 0.25) is 0 Å². The summed E-state index contributed by atoms with van der Waals surface area (Å²) in [4.78, 5) is 72.9. The SMILES string of the molecule is CCCCCCCCCCCCCCCCCCCCCCCC(=O)O[C@H](COC(=O)CCCCCCCCCCCCCCCCCC)COP(=O)(O)OC[C@@H](O)COP(=O)(O)OC[C@@H](COC(=O)CCCCCCCCCCC)OC(=O)CCCCCCCCCCCCC(C)C. The molecule has 19 heteroatoms. The quantitative estimate of drug-likeness (QED) is 0.0222. The van der Waals surface area contributed by atoms with Gasteiger partial charge in [-0.25, -0.2) is 9.13 Å². The summed E-state index contributed by atoms with van der Waals surface area (Å²) in [5.74, 6) is -1.36. The van der Waals surface area contributed by atoms with Crippen LogP contribution in [0.25, 0.3) is 0 Å². The molecule has 0 saturated heterocycles. The lowest BCUT2D eigenvalue weighted by molar-refractivity contribution is -0.161. The first kappa shape index (κ1) is 97.1. The second-order valence-electron chi connectivity index (χ2n) is 29.3. The Bertz CT molecular complexity index is 1890. The molecular formula is C80H156O17P2. The standard InChI is InChI=1S/C80H156O17P2/c1-6-9-12-15-18-21-23-25-27-29-30-31-32-33-35-37-39-45-50-55-60-65-79(84)96-76(70-91-78(83)64-59-54-49-44-38-36-34-28-26-24-22-19-16-13-10-7-2)72-95-99(88,89)93-68-74(81)67-92-98(86,87)94-71-75(69-90-77(82)63-58-53-48-42-20-17-14-11-8-3)97-80(85)66-61-56-51-46-41-40-43-47-52-57-62-73(4)5/h73-76,81H,6-72H2,1-5H3,(H,86,87)(H,88,89)/t74-,75+,76+/m0/s1. The van der Waals surface area contributed by atoms with Gasteiger partial charge in [0.15, 0.2) is 12.2 Å². The lowest BCUT2D eigenvalue weighted by Gasteiger charge is -2.21. The highest BCUT2D eigenvalue weighted by atomic mass is 31.2. The van der Waals surface area contributed by atoms with Crippen molar-refractivity contribution < 1.29 is 80.2 Å². The van der Waals surface area contributed by atoms with E-state index in [-0.39, 0.29) is 25.7 Å². The molecule has 5 atom stereocenters. The average Bonchev–Trinajstić information content (AvgIpc) is 1.38. The maximum Gasteiger partial charge on any atom is 0.472 e. The lowest BCUT2D eigenvalue weighted by atomic mass is 10.0. The zero-order valence-corrected chi connectivity index (χ0v) is 66.4. The van der Waals surface area contributed by atoms with E-state index in [0.29, 0.717) is 25.7 Å². The minimum Gasteiger partial charge on any atom is -0.462 e. The molecular weight excluding hydrogens is 1290 g/mol. The summed E-state index contributed by atoms with van der Waals surface area (Å²) < 4.78 is 68.6. The van der Waals surface area contributed by atoms with Crippen LogP contribution in [0.3, 0.4) is 0 Å². The van der Waals surface area contributed by atoms with Gasteiger partial charge in [-0.3, -0.25) is 37.3 Å². The molecule has 99 heavy (non-hydrogen) atoms. The molecule has 0 radical (unpaired) electrons. The van der Waals surface area contributed by atoms with E-state index in [1.165, 1.54) is 250 Å². The number of aliphatic hydroxyl groups excluding tert-OH is 1. The Morgan fingerprint density at radius 1 is 0.273 bits per heavy atom. The van der Waals surface area contributed by atoms with Gasteiger partial charge in [0, 0.05) is 25.7 Å². The van der Waals surface area contributed by atoms with Crippen LogP contribution in [0.1, 0.15) is 426 Å². The molecule has 588 valence electrons. The van der Waals surface area contributed by atoms with Crippen LogP contribution >= 0.6 is 15.6 Å². The van der Waals surface area contributed by atoms with Crippen molar-refractivity contribution >= 4 is 39.5 Å². The minimum atomic E-state index is -4.96. The number of phosphoric ester groups is 2. The molecule has 2 unspecified atom stereocenters. The van der Waals surface area contributed by atoms with Crippen LogP contribution in [0.2, 0.25) is 0 Å². The predicted octanol–water partition coefficient (Wildman–Crippen LogP) is 24.0. The van der Waals surface area contributed by atoms with Gasteiger partial charge >= 0.3 is 39.5 Å². The highest BCUT2D eigenvalue weighted by Crippen LogP contribution is 2.45. The Hall–Kier alpha value is -1.94. The van der Waals surface area contributed by atoms with Crippen LogP contribution in [-0.4, -0.2) is 96.7 Å². The lowest BCUT2D eigenvalue weighted by Crippen LogP contribution is -2.30. The zero-order valence-electron chi connectivity index (χ0n) is 64.6. The number of phosphoric acid groups is 2. The van der Waals surface area contributed by atoms with Crippen LogP contribution in [0.4, 0.5) is 0 Å². The number of unbranched alkanes of at least 4 members (excludes halogenated alkanes) is 52. The molecule has 0 aliphatic carbocycles. The van der Waals surface area contributed by atoms with Gasteiger partial charge in [0.05, 0.1) is 26.4 Å². The third kappa shape index (κ3) is 74.1. The van der Waals surface area contributed by atoms with Crippen LogP contribution in [-0.2, 0) is 65.4 Å². The minimum absolute atomic E-state index is 0.106. The zero-order chi connectivity index (χ0) is 72.7. The number of aliphatic hydroxyl groups is 1. The van der Waals surface area contributed by atoms with E-state index >= 15 is 0 Å². The molecule has 17 nitrogen and oxygen atoms in total. The second kappa shape index (κ2) is 73.0. The van der Waals surface area contributed by atoms with Gasteiger partial charge in [-0.1, -0.05) is 375 Å². The van der Waals surface area contributed by atoms with Gasteiger partial charge in [-0.2, -0.15) is 0 Å². The Labute approximate surface area is 607 Å². The first-order valence-electron chi connectivity index (χ1n) is 41.6.